The van der Waals surface area contributed by atoms with E-state index < -0.39 is 5.97 Å². The molecular weight excluding hydrogens is 236 g/mol. The fourth-order valence-electron chi connectivity index (χ4n) is 1.80. The normalized spacial score (nSPS) is 16.2. The van der Waals surface area contributed by atoms with Gasteiger partial charge < -0.3 is 15.2 Å². The van der Waals surface area contributed by atoms with E-state index in [0.29, 0.717) is 31.7 Å². The van der Waals surface area contributed by atoms with Crippen molar-refractivity contribution in [3.8, 4) is 0 Å². The number of ether oxygens (including phenoxy) is 1. The lowest BCUT2D eigenvalue weighted by atomic mass is 9.99. The Kier molecular flexibility index (Phi) is 3.88. The van der Waals surface area contributed by atoms with Crippen molar-refractivity contribution in [2.75, 3.05) is 18.5 Å². The molecule has 0 aromatic carbocycles. The fraction of sp³-hybridized carbons (Fsp3) is 0.417. The number of amides is 1. The van der Waals surface area contributed by atoms with Gasteiger partial charge in [0.25, 0.3) is 0 Å². The summed E-state index contributed by atoms with van der Waals surface area (Å²) in [7, 11) is 0. The van der Waals surface area contributed by atoms with E-state index in [2.05, 4.69) is 10.3 Å². The maximum Gasteiger partial charge on any atom is 0.354 e. The molecule has 1 fully saturated rings. The summed E-state index contributed by atoms with van der Waals surface area (Å²) in [6, 6.07) is 2.90. The summed E-state index contributed by atoms with van der Waals surface area (Å²) in [5.74, 6) is -1.20. The second-order valence-electron chi connectivity index (χ2n) is 4.11. The number of hydrogen-bond acceptors (Lipinski definition) is 4. The topological polar surface area (TPSA) is 88.5 Å². The van der Waals surface area contributed by atoms with Crippen molar-refractivity contribution in [3.05, 3.63) is 24.0 Å². The minimum Gasteiger partial charge on any atom is -0.477 e. The van der Waals surface area contributed by atoms with Crippen LogP contribution < -0.4 is 5.32 Å². The van der Waals surface area contributed by atoms with Crippen molar-refractivity contribution in [3.63, 3.8) is 0 Å². The first-order valence-electron chi connectivity index (χ1n) is 5.75. The van der Waals surface area contributed by atoms with E-state index in [0.717, 1.165) is 0 Å². The molecule has 1 saturated heterocycles. The molecule has 2 heterocycles. The molecule has 0 bridgehead atoms. The van der Waals surface area contributed by atoms with Crippen molar-refractivity contribution in [1.29, 1.82) is 0 Å². The number of nitrogens with zero attached hydrogens (tertiary/aromatic N) is 1. The number of hydrogen-bond donors (Lipinski definition) is 2. The first-order chi connectivity index (χ1) is 8.66. The van der Waals surface area contributed by atoms with Crippen LogP contribution in [-0.2, 0) is 9.53 Å². The molecule has 1 aliphatic heterocycles. The van der Waals surface area contributed by atoms with Crippen LogP contribution in [0.25, 0.3) is 0 Å². The molecule has 0 aliphatic carbocycles. The van der Waals surface area contributed by atoms with Gasteiger partial charge in [-0.2, -0.15) is 0 Å². The van der Waals surface area contributed by atoms with Crippen molar-refractivity contribution in [1.82, 2.24) is 4.98 Å². The summed E-state index contributed by atoms with van der Waals surface area (Å²) < 4.78 is 5.18. The van der Waals surface area contributed by atoms with Crippen molar-refractivity contribution in [2.45, 2.75) is 12.8 Å². The summed E-state index contributed by atoms with van der Waals surface area (Å²) in [6.07, 6.45) is 2.78. The molecule has 1 aromatic rings. The Balaban J connectivity index is 1.96. The van der Waals surface area contributed by atoms with E-state index in [1.165, 1.54) is 18.3 Å². The molecule has 6 heteroatoms. The van der Waals surface area contributed by atoms with E-state index in [1.807, 2.05) is 0 Å². The summed E-state index contributed by atoms with van der Waals surface area (Å²) in [4.78, 5) is 26.2. The van der Waals surface area contributed by atoms with Crippen LogP contribution in [-0.4, -0.2) is 35.2 Å². The summed E-state index contributed by atoms with van der Waals surface area (Å²) in [6.45, 7) is 1.21. The average molecular weight is 250 g/mol. The van der Waals surface area contributed by atoms with Gasteiger partial charge in [0.2, 0.25) is 5.91 Å². The van der Waals surface area contributed by atoms with Crippen molar-refractivity contribution >= 4 is 17.6 Å². The lowest BCUT2D eigenvalue weighted by Gasteiger charge is -2.21. The number of carbonyl (C=O) groups excluding carboxylic acids is 1. The van der Waals surface area contributed by atoms with E-state index in [1.54, 1.807) is 0 Å². The monoisotopic (exact) mass is 250 g/mol. The van der Waals surface area contributed by atoms with E-state index in [9.17, 15) is 9.59 Å². The van der Waals surface area contributed by atoms with Gasteiger partial charge in [-0.1, -0.05) is 0 Å². The van der Waals surface area contributed by atoms with Gasteiger partial charge in [0.05, 0.1) is 11.9 Å². The molecule has 0 atom stereocenters. The molecular formula is C12H14N2O4. The lowest BCUT2D eigenvalue weighted by Crippen LogP contribution is -2.28. The van der Waals surface area contributed by atoms with Gasteiger partial charge in [-0.05, 0) is 25.0 Å². The first kappa shape index (κ1) is 12.5. The SMILES string of the molecule is O=C(O)c1ccc(NC(=O)C2CCOCC2)cn1. The standard InChI is InChI=1S/C12H14N2O4/c15-11(8-3-5-18-6-4-8)14-9-1-2-10(12(16)17)13-7-9/h1-2,7-8H,3-6H2,(H,14,15)(H,16,17). The number of carboxylic acids is 1. The van der Waals surface area contributed by atoms with Crippen molar-refractivity contribution in [2.24, 2.45) is 5.92 Å². The van der Waals surface area contributed by atoms with Crippen LogP contribution in [0, 0.1) is 5.92 Å². The van der Waals surface area contributed by atoms with Gasteiger partial charge >= 0.3 is 5.97 Å². The molecule has 0 unspecified atom stereocenters. The summed E-state index contributed by atoms with van der Waals surface area (Å²) >= 11 is 0. The highest BCUT2D eigenvalue weighted by molar-refractivity contribution is 5.93. The molecule has 1 aromatic heterocycles. The van der Waals surface area contributed by atoms with Crippen LogP contribution in [0.5, 0.6) is 0 Å². The second-order valence-corrected chi connectivity index (χ2v) is 4.11. The maximum absolute atomic E-state index is 11.9. The molecule has 6 nitrogen and oxygen atoms in total. The number of carboxylic acid groups (broad SMARTS) is 1. The van der Waals surface area contributed by atoms with Gasteiger partial charge in [-0.3, -0.25) is 4.79 Å². The van der Waals surface area contributed by atoms with Gasteiger partial charge in [0, 0.05) is 19.1 Å². The number of aromatic nitrogens is 1. The zero-order chi connectivity index (χ0) is 13.0. The Labute approximate surface area is 104 Å². The van der Waals surface area contributed by atoms with Gasteiger partial charge in [-0.15, -0.1) is 0 Å². The van der Waals surface area contributed by atoms with Crippen LogP contribution in [0.1, 0.15) is 23.3 Å². The van der Waals surface area contributed by atoms with Crippen LogP contribution in [0.15, 0.2) is 18.3 Å². The quantitative estimate of drug-likeness (QED) is 0.839. The number of carbonyl (C=O) groups is 2. The third kappa shape index (κ3) is 3.04. The molecule has 0 saturated carbocycles. The fourth-order valence-corrected chi connectivity index (χ4v) is 1.80. The molecule has 1 amide bonds. The number of pyridine rings is 1. The van der Waals surface area contributed by atoms with Gasteiger partial charge in [0.1, 0.15) is 5.69 Å². The van der Waals surface area contributed by atoms with Crippen LogP contribution >= 0.6 is 0 Å². The summed E-state index contributed by atoms with van der Waals surface area (Å²) in [5, 5.41) is 11.4. The van der Waals surface area contributed by atoms with Gasteiger partial charge in [-0.25, -0.2) is 9.78 Å². The third-order valence-electron chi connectivity index (χ3n) is 2.84. The molecule has 0 radical (unpaired) electrons. The maximum atomic E-state index is 11.9. The predicted molar refractivity (Wildman–Crippen MR) is 63.4 cm³/mol. The smallest absolute Gasteiger partial charge is 0.354 e. The zero-order valence-electron chi connectivity index (χ0n) is 9.76. The number of nitrogens with one attached hydrogen (secondary N) is 1. The van der Waals surface area contributed by atoms with E-state index in [-0.39, 0.29) is 17.5 Å². The highest BCUT2D eigenvalue weighted by Crippen LogP contribution is 2.17. The lowest BCUT2D eigenvalue weighted by molar-refractivity contribution is -0.122. The van der Waals surface area contributed by atoms with Crippen LogP contribution in [0.3, 0.4) is 0 Å². The Hall–Kier alpha value is -1.95. The van der Waals surface area contributed by atoms with E-state index in [4.69, 9.17) is 9.84 Å². The molecule has 0 spiro atoms. The predicted octanol–water partition coefficient (Wildman–Crippen LogP) is 1.14. The minimum atomic E-state index is -1.09. The zero-order valence-corrected chi connectivity index (χ0v) is 9.76. The van der Waals surface area contributed by atoms with Gasteiger partial charge in [0.15, 0.2) is 0 Å². The number of rotatable bonds is 3. The number of anilines is 1. The van der Waals surface area contributed by atoms with Crippen LogP contribution in [0.4, 0.5) is 5.69 Å². The highest BCUT2D eigenvalue weighted by atomic mass is 16.5. The molecule has 96 valence electrons. The Morgan fingerprint density at radius 1 is 1.33 bits per heavy atom. The third-order valence-corrected chi connectivity index (χ3v) is 2.84. The second kappa shape index (κ2) is 5.59. The molecule has 1 aliphatic rings. The Bertz CT molecular complexity index is 438. The summed E-state index contributed by atoms with van der Waals surface area (Å²) in [5.41, 5.74) is 0.468. The van der Waals surface area contributed by atoms with Crippen LogP contribution in [0.2, 0.25) is 0 Å². The largest absolute Gasteiger partial charge is 0.477 e. The highest BCUT2D eigenvalue weighted by Gasteiger charge is 2.21. The molecule has 2 N–H and O–H groups in total. The first-order valence-corrected chi connectivity index (χ1v) is 5.75. The Morgan fingerprint density at radius 2 is 2.06 bits per heavy atom. The molecule has 2 rings (SSSR count). The number of aromatic carboxylic acids is 1. The minimum absolute atomic E-state index is 0.0425. The van der Waals surface area contributed by atoms with Crippen molar-refractivity contribution < 1.29 is 19.4 Å². The molecule has 18 heavy (non-hydrogen) atoms. The van der Waals surface area contributed by atoms with E-state index >= 15 is 0 Å². The Morgan fingerprint density at radius 3 is 2.61 bits per heavy atom. The average Bonchev–Trinajstić information content (AvgIpc) is 2.40.